The van der Waals surface area contributed by atoms with Crippen molar-refractivity contribution < 1.29 is 13.9 Å². The van der Waals surface area contributed by atoms with Gasteiger partial charge < -0.3 is 13.9 Å². The molecule has 0 aromatic rings. The van der Waals surface area contributed by atoms with Gasteiger partial charge >= 0.3 is 0 Å². The molecule has 0 aliphatic heterocycles. The summed E-state index contributed by atoms with van der Waals surface area (Å²) in [5, 5.41) is 0. The molecular weight excluding hydrogens is 415 g/mol. The molecule has 0 N–H and O–H groups in total. The molecule has 3 nitrogen and oxygen atoms in total. The summed E-state index contributed by atoms with van der Waals surface area (Å²) in [6, 6.07) is 0. The van der Waals surface area contributed by atoms with Crippen LogP contribution in [-0.4, -0.2) is 33.4 Å². The van der Waals surface area contributed by atoms with Crippen molar-refractivity contribution in [2.45, 2.75) is 52.6 Å². The van der Waals surface area contributed by atoms with E-state index in [4.69, 9.17) is 20.3 Å². The van der Waals surface area contributed by atoms with Crippen molar-refractivity contribution in [3.63, 3.8) is 0 Å². The van der Waals surface area contributed by atoms with Crippen LogP contribution in [0.3, 0.4) is 0 Å². The Balaban J connectivity index is 4.34. The Morgan fingerprint density at radius 2 is 1.96 bits per heavy atom. The standard InChI is InChI=1S/C20H29IO3/c1-7-19(24-15-23-6)13-17(3)10-8-9-16(2)11-12-18(4)20(21)14-22-5/h1,9,13,19H,8,10-12,15H2,2-6H3/b16-9+,17-13+,20-18+. The first-order chi connectivity index (χ1) is 11.4. The number of carbonyl (C=O) groups excluding carboxylic acids is 1. The molecule has 134 valence electrons. The summed E-state index contributed by atoms with van der Waals surface area (Å²) in [4.78, 5) is 0. The summed E-state index contributed by atoms with van der Waals surface area (Å²) >= 11 is 2.26. The second-order valence-electron chi connectivity index (χ2n) is 5.66. The van der Waals surface area contributed by atoms with Crippen LogP contribution in [0.2, 0.25) is 0 Å². The van der Waals surface area contributed by atoms with Crippen LogP contribution in [-0.2, 0) is 13.9 Å². The van der Waals surface area contributed by atoms with E-state index in [0.29, 0.717) is 0 Å². The smallest absolute Gasteiger partial charge is 0.231 e. The van der Waals surface area contributed by atoms with E-state index in [2.05, 4.69) is 61.6 Å². The van der Waals surface area contributed by atoms with E-state index in [0.717, 1.165) is 29.3 Å². The average Bonchev–Trinajstić information content (AvgIpc) is 2.56. The van der Waals surface area contributed by atoms with Crippen molar-refractivity contribution in [1.29, 1.82) is 0 Å². The lowest BCUT2D eigenvalue weighted by Crippen LogP contribution is -2.09. The van der Waals surface area contributed by atoms with Gasteiger partial charge in [0.05, 0.1) is 0 Å². The molecule has 1 atom stereocenters. The van der Waals surface area contributed by atoms with Gasteiger partial charge in [-0.3, -0.25) is 0 Å². The van der Waals surface area contributed by atoms with Crippen molar-refractivity contribution in [3.05, 3.63) is 32.5 Å². The first kappa shape index (κ1) is 23.1. The molecule has 0 spiro atoms. The van der Waals surface area contributed by atoms with E-state index in [-0.39, 0.29) is 12.9 Å². The van der Waals surface area contributed by atoms with Crippen LogP contribution in [0, 0.1) is 12.3 Å². The maximum Gasteiger partial charge on any atom is 0.231 e. The zero-order valence-corrected chi connectivity index (χ0v) is 17.6. The van der Waals surface area contributed by atoms with Gasteiger partial charge in [-0.1, -0.05) is 55.7 Å². The first-order valence-corrected chi connectivity index (χ1v) is 9.06. The van der Waals surface area contributed by atoms with Crippen LogP contribution in [0.1, 0.15) is 46.5 Å². The maximum absolute atomic E-state index is 5.45. The third-order valence-corrected chi connectivity index (χ3v) is 4.60. The van der Waals surface area contributed by atoms with Gasteiger partial charge in [0.2, 0.25) is 13.4 Å². The van der Waals surface area contributed by atoms with Gasteiger partial charge in [-0.2, -0.15) is 5.57 Å². The fraction of sp³-hybridized carbons (Fsp3) is 0.550. The normalized spacial score (nSPS) is 15.4. The summed E-state index contributed by atoms with van der Waals surface area (Å²) in [7, 11) is 3.21. The van der Waals surface area contributed by atoms with E-state index >= 15 is 0 Å². The second kappa shape index (κ2) is 14.4. The van der Waals surface area contributed by atoms with Crippen molar-refractivity contribution >= 4 is 28.9 Å². The molecule has 0 heterocycles. The Morgan fingerprint density at radius 1 is 1.25 bits per heavy atom. The summed E-state index contributed by atoms with van der Waals surface area (Å²) in [6.07, 6.45) is 16.3. The zero-order valence-electron chi connectivity index (χ0n) is 15.4. The molecule has 0 radical (unpaired) electrons. The summed E-state index contributed by atoms with van der Waals surface area (Å²) in [6.45, 7) is 6.58. The van der Waals surface area contributed by atoms with Crippen LogP contribution in [0.5, 0.6) is 0 Å². The van der Waals surface area contributed by atoms with E-state index in [1.54, 1.807) is 14.2 Å². The molecule has 1 unspecified atom stereocenters. The fourth-order valence-electron chi connectivity index (χ4n) is 1.95. The molecule has 0 saturated heterocycles. The minimum Gasteiger partial charge on any atom is -0.359 e. The Bertz CT molecular complexity index is 521. The van der Waals surface area contributed by atoms with Gasteiger partial charge in [-0.15, -0.1) is 13.3 Å². The Hall–Kier alpha value is -0.900. The van der Waals surface area contributed by atoms with Crippen molar-refractivity contribution in [2.75, 3.05) is 21.0 Å². The molecule has 0 aliphatic carbocycles. The summed E-state index contributed by atoms with van der Waals surface area (Å²) in [5.41, 5.74) is 3.93. The number of methoxy groups -OCH3 is 1. The third-order valence-electron chi connectivity index (χ3n) is 3.46. The van der Waals surface area contributed by atoms with Gasteiger partial charge in [0.25, 0.3) is 0 Å². The molecule has 0 aliphatic rings. The van der Waals surface area contributed by atoms with Crippen LogP contribution >= 0.6 is 22.6 Å². The molecule has 0 aromatic carbocycles. The Morgan fingerprint density at radius 3 is 2.54 bits per heavy atom. The van der Waals surface area contributed by atoms with Gasteiger partial charge in [0, 0.05) is 7.11 Å². The molecule has 24 heavy (non-hydrogen) atoms. The van der Waals surface area contributed by atoms with Crippen molar-refractivity contribution in [2.24, 2.45) is 0 Å². The molecule has 0 bridgehead atoms. The topological polar surface area (TPSA) is 29.8 Å². The van der Waals surface area contributed by atoms with Crippen LogP contribution < -0.4 is 0 Å². The fourth-order valence-corrected chi connectivity index (χ4v) is 2.44. The monoisotopic (exact) mass is 444 g/mol. The number of terminal acetylenes is 1. The van der Waals surface area contributed by atoms with E-state index in [1.807, 2.05) is 6.08 Å². The minimum atomic E-state index is -0.321. The highest BCUT2D eigenvalue weighted by atomic mass is 127. The number of allylic oxidation sites excluding steroid dienone is 5. The molecule has 0 aromatic heterocycles. The van der Waals surface area contributed by atoms with Gasteiger partial charge in [0.1, 0.15) is 12.9 Å². The molecule has 0 saturated carbocycles. The zero-order chi connectivity index (χ0) is 18.4. The number of halogens is 1. The maximum atomic E-state index is 5.45. The Labute approximate surface area is 161 Å². The highest BCUT2D eigenvalue weighted by Crippen LogP contribution is 2.18. The largest absolute Gasteiger partial charge is 0.359 e. The highest BCUT2D eigenvalue weighted by Gasteiger charge is 2.01. The van der Waals surface area contributed by atoms with E-state index < -0.39 is 0 Å². The van der Waals surface area contributed by atoms with Crippen molar-refractivity contribution in [1.82, 2.24) is 0 Å². The quantitative estimate of drug-likeness (QED) is 0.0850. The molecule has 0 rings (SSSR count). The molecule has 0 amide bonds. The minimum absolute atomic E-state index is 0.210. The van der Waals surface area contributed by atoms with Crippen LogP contribution in [0.25, 0.3) is 0 Å². The van der Waals surface area contributed by atoms with Crippen LogP contribution in [0.15, 0.2) is 32.5 Å². The van der Waals surface area contributed by atoms with Crippen LogP contribution in [0.4, 0.5) is 0 Å². The summed E-state index contributed by atoms with van der Waals surface area (Å²) < 4.78 is 16.2. The lowest BCUT2D eigenvalue weighted by Gasteiger charge is -2.10. The molecule has 4 heteroatoms. The number of rotatable bonds is 11. The second-order valence-corrected chi connectivity index (χ2v) is 6.74. The number of ether oxygens (including phenoxy) is 2. The lowest BCUT2D eigenvalue weighted by molar-refractivity contribution is -0.0385. The average molecular weight is 444 g/mol. The predicted molar refractivity (Wildman–Crippen MR) is 110 cm³/mol. The predicted octanol–water partition coefficient (Wildman–Crippen LogP) is 5.05. The highest BCUT2D eigenvalue weighted by molar-refractivity contribution is 14.1. The number of hydrogen-bond donors (Lipinski definition) is 0. The van der Waals surface area contributed by atoms with E-state index in [1.165, 1.54) is 16.7 Å². The van der Waals surface area contributed by atoms with Gasteiger partial charge in [-0.25, -0.2) is 0 Å². The SMILES string of the molecule is C#CC(/C=C(\C)CC/C=C(\C)CC/C(C)=C(/I)[C-]=[O+]C)OCOC. The number of hydrogen-bond acceptors (Lipinski definition) is 2. The van der Waals surface area contributed by atoms with Gasteiger partial charge in [-0.05, 0) is 39.2 Å². The molecular formula is C20H29IO3. The Kier molecular flexibility index (Phi) is 13.9. The van der Waals surface area contributed by atoms with Gasteiger partial charge in [0.15, 0.2) is 0 Å². The summed E-state index contributed by atoms with van der Waals surface area (Å²) in [5.74, 6) is 2.60. The first-order valence-electron chi connectivity index (χ1n) is 7.98. The lowest BCUT2D eigenvalue weighted by atomic mass is 10.0. The van der Waals surface area contributed by atoms with E-state index in [9.17, 15) is 0 Å². The van der Waals surface area contributed by atoms with Crippen molar-refractivity contribution in [3.8, 4) is 12.3 Å². The molecule has 0 fully saturated rings. The third kappa shape index (κ3) is 11.6.